The van der Waals surface area contributed by atoms with Gasteiger partial charge in [-0.25, -0.2) is 4.39 Å². The summed E-state index contributed by atoms with van der Waals surface area (Å²) in [4.78, 5) is 16.1. The molecule has 1 heterocycles. The van der Waals surface area contributed by atoms with E-state index in [-0.39, 0.29) is 24.2 Å². The monoisotopic (exact) mass is 289 g/mol. The van der Waals surface area contributed by atoms with Crippen molar-refractivity contribution in [2.45, 2.75) is 32.2 Å². The van der Waals surface area contributed by atoms with Gasteiger partial charge in [-0.2, -0.15) is 4.98 Å². The molecule has 1 amide bonds. The van der Waals surface area contributed by atoms with Crippen molar-refractivity contribution in [1.29, 1.82) is 0 Å². The molecule has 1 aliphatic carbocycles. The highest BCUT2D eigenvalue weighted by atomic mass is 19.1. The summed E-state index contributed by atoms with van der Waals surface area (Å²) in [5, 5.41) is 6.65. The molecule has 0 atom stereocenters. The fourth-order valence-electron chi connectivity index (χ4n) is 2.53. The number of rotatable bonds is 4. The number of amides is 1. The molecule has 0 saturated heterocycles. The van der Waals surface area contributed by atoms with Crippen molar-refractivity contribution < 1.29 is 13.7 Å². The van der Waals surface area contributed by atoms with Crippen LogP contribution in [0.3, 0.4) is 0 Å². The van der Waals surface area contributed by atoms with Gasteiger partial charge in [0.15, 0.2) is 5.82 Å². The van der Waals surface area contributed by atoms with E-state index in [1.807, 2.05) is 0 Å². The number of halogens is 1. The number of aromatic nitrogens is 2. The van der Waals surface area contributed by atoms with Crippen LogP contribution in [0.1, 0.15) is 31.5 Å². The molecule has 0 unspecified atom stereocenters. The van der Waals surface area contributed by atoms with E-state index in [1.165, 1.54) is 12.1 Å². The van der Waals surface area contributed by atoms with Gasteiger partial charge in [-0.15, -0.1) is 0 Å². The van der Waals surface area contributed by atoms with Crippen molar-refractivity contribution in [3.8, 4) is 11.5 Å². The molecule has 1 aromatic carbocycles. The molecule has 1 aliphatic rings. The molecule has 0 bridgehead atoms. The lowest BCUT2D eigenvalue weighted by Crippen LogP contribution is -2.29. The van der Waals surface area contributed by atoms with Gasteiger partial charge in [0, 0.05) is 11.5 Å². The lowest BCUT2D eigenvalue weighted by Gasteiger charge is -2.07. The Hall–Kier alpha value is -2.24. The molecule has 0 radical (unpaired) electrons. The third-order valence-corrected chi connectivity index (χ3v) is 3.71. The second-order valence-electron chi connectivity index (χ2n) is 5.22. The largest absolute Gasteiger partial charge is 0.348 e. The van der Waals surface area contributed by atoms with Crippen molar-refractivity contribution in [2.75, 3.05) is 0 Å². The van der Waals surface area contributed by atoms with Gasteiger partial charge in [0.1, 0.15) is 5.82 Å². The van der Waals surface area contributed by atoms with Crippen molar-refractivity contribution in [3.05, 3.63) is 35.9 Å². The average Bonchev–Trinajstić information content (AvgIpc) is 3.17. The molecule has 1 fully saturated rings. The predicted molar refractivity (Wildman–Crippen MR) is 73.5 cm³/mol. The fraction of sp³-hybridized carbons (Fsp3) is 0.400. The maximum Gasteiger partial charge on any atom is 0.257 e. The van der Waals surface area contributed by atoms with Crippen LogP contribution >= 0.6 is 0 Å². The number of nitrogens with one attached hydrogen (secondary N) is 1. The van der Waals surface area contributed by atoms with Crippen LogP contribution in [0.2, 0.25) is 0 Å². The number of carbonyl (C=O) groups is 1. The molecule has 5 nitrogen and oxygen atoms in total. The SMILES string of the molecule is O=C(NCc1noc(-c2ccc(F)cc2)n1)C1CCCC1. The topological polar surface area (TPSA) is 68.0 Å². The second kappa shape index (κ2) is 6.03. The number of hydrogen-bond donors (Lipinski definition) is 1. The summed E-state index contributed by atoms with van der Waals surface area (Å²) in [5.41, 5.74) is 0.650. The number of nitrogens with zero attached hydrogens (tertiary/aromatic N) is 2. The number of hydrogen-bond acceptors (Lipinski definition) is 4. The van der Waals surface area contributed by atoms with Crippen molar-refractivity contribution >= 4 is 5.91 Å². The second-order valence-corrected chi connectivity index (χ2v) is 5.22. The summed E-state index contributed by atoms with van der Waals surface area (Å²) in [6, 6.07) is 5.82. The first-order chi connectivity index (χ1) is 10.2. The normalized spacial score (nSPS) is 15.3. The molecule has 1 saturated carbocycles. The fourth-order valence-corrected chi connectivity index (χ4v) is 2.53. The first kappa shape index (κ1) is 13.7. The molecule has 21 heavy (non-hydrogen) atoms. The highest BCUT2D eigenvalue weighted by Gasteiger charge is 2.22. The Kier molecular flexibility index (Phi) is 3.94. The Bertz CT molecular complexity index is 618. The van der Waals surface area contributed by atoms with Crippen LogP contribution < -0.4 is 5.32 Å². The summed E-state index contributed by atoms with van der Waals surface area (Å²) >= 11 is 0. The van der Waals surface area contributed by atoms with Gasteiger partial charge < -0.3 is 9.84 Å². The molecule has 3 rings (SSSR count). The summed E-state index contributed by atoms with van der Waals surface area (Å²) < 4.78 is 18.0. The van der Waals surface area contributed by atoms with E-state index >= 15 is 0 Å². The van der Waals surface area contributed by atoms with Gasteiger partial charge in [-0.1, -0.05) is 18.0 Å². The van der Waals surface area contributed by atoms with Crippen LogP contribution in [0.5, 0.6) is 0 Å². The number of benzene rings is 1. The van der Waals surface area contributed by atoms with Crippen LogP contribution in [0.15, 0.2) is 28.8 Å². The van der Waals surface area contributed by atoms with Crippen molar-refractivity contribution in [1.82, 2.24) is 15.5 Å². The predicted octanol–water partition coefficient (Wildman–Crippen LogP) is 2.68. The van der Waals surface area contributed by atoms with E-state index in [4.69, 9.17) is 4.52 Å². The summed E-state index contributed by atoms with van der Waals surface area (Å²) in [7, 11) is 0. The molecular weight excluding hydrogens is 273 g/mol. The smallest absolute Gasteiger partial charge is 0.257 e. The highest BCUT2D eigenvalue weighted by Crippen LogP contribution is 2.24. The van der Waals surface area contributed by atoms with Crippen LogP contribution in [-0.2, 0) is 11.3 Å². The molecule has 0 spiro atoms. The van der Waals surface area contributed by atoms with Crippen molar-refractivity contribution in [2.24, 2.45) is 5.92 Å². The molecular formula is C15H16FN3O2. The van der Waals surface area contributed by atoms with E-state index in [2.05, 4.69) is 15.5 Å². The first-order valence-electron chi connectivity index (χ1n) is 7.08. The summed E-state index contributed by atoms with van der Waals surface area (Å²) in [6.07, 6.45) is 4.15. The number of carbonyl (C=O) groups excluding carboxylic acids is 1. The zero-order chi connectivity index (χ0) is 14.7. The third kappa shape index (κ3) is 3.26. The maximum atomic E-state index is 12.9. The van der Waals surface area contributed by atoms with Gasteiger partial charge in [-0.05, 0) is 37.1 Å². The average molecular weight is 289 g/mol. The van der Waals surface area contributed by atoms with Crippen LogP contribution in [0.25, 0.3) is 11.5 Å². The van der Waals surface area contributed by atoms with Gasteiger partial charge in [0.05, 0.1) is 6.54 Å². The molecule has 6 heteroatoms. The Morgan fingerprint density at radius 1 is 1.29 bits per heavy atom. The van der Waals surface area contributed by atoms with Gasteiger partial charge >= 0.3 is 0 Å². The zero-order valence-corrected chi connectivity index (χ0v) is 11.5. The molecule has 2 aromatic rings. The summed E-state index contributed by atoms with van der Waals surface area (Å²) in [5.74, 6) is 0.595. The zero-order valence-electron chi connectivity index (χ0n) is 11.5. The van der Waals surface area contributed by atoms with Crippen LogP contribution in [-0.4, -0.2) is 16.0 Å². The van der Waals surface area contributed by atoms with Crippen LogP contribution in [0.4, 0.5) is 4.39 Å². The van der Waals surface area contributed by atoms with Gasteiger partial charge in [0.2, 0.25) is 5.91 Å². The quantitative estimate of drug-likeness (QED) is 0.939. The molecule has 0 aliphatic heterocycles. The molecule has 1 aromatic heterocycles. The highest BCUT2D eigenvalue weighted by molar-refractivity contribution is 5.78. The lowest BCUT2D eigenvalue weighted by molar-refractivity contribution is -0.125. The molecule has 1 N–H and O–H groups in total. The van der Waals surface area contributed by atoms with E-state index in [9.17, 15) is 9.18 Å². The molecule has 110 valence electrons. The summed E-state index contributed by atoms with van der Waals surface area (Å²) in [6.45, 7) is 0.250. The minimum atomic E-state index is -0.317. The minimum Gasteiger partial charge on any atom is -0.348 e. The van der Waals surface area contributed by atoms with E-state index < -0.39 is 0 Å². The van der Waals surface area contributed by atoms with E-state index in [0.717, 1.165) is 25.7 Å². The lowest BCUT2D eigenvalue weighted by atomic mass is 10.1. The van der Waals surface area contributed by atoms with E-state index in [0.29, 0.717) is 17.3 Å². The third-order valence-electron chi connectivity index (χ3n) is 3.71. The Labute approximate surface area is 121 Å². The Morgan fingerprint density at radius 2 is 2.00 bits per heavy atom. The van der Waals surface area contributed by atoms with E-state index in [1.54, 1.807) is 12.1 Å². The Morgan fingerprint density at radius 3 is 2.71 bits per heavy atom. The van der Waals surface area contributed by atoms with Gasteiger partial charge in [0.25, 0.3) is 5.89 Å². The Balaban J connectivity index is 1.60. The first-order valence-corrected chi connectivity index (χ1v) is 7.08. The maximum absolute atomic E-state index is 12.9. The van der Waals surface area contributed by atoms with Crippen molar-refractivity contribution in [3.63, 3.8) is 0 Å². The van der Waals surface area contributed by atoms with Gasteiger partial charge in [-0.3, -0.25) is 4.79 Å². The van der Waals surface area contributed by atoms with Crippen LogP contribution in [0, 0.1) is 11.7 Å². The standard InChI is InChI=1S/C15H16FN3O2/c16-12-7-5-11(6-8-12)15-18-13(19-21-15)9-17-14(20)10-3-1-2-4-10/h5-8,10H,1-4,9H2,(H,17,20). The minimum absolute atomic E-state index is 0.0561.